The highest BCUT2D eigenvalue weighted by Crippen LogP contribution is 2.26. The van der Waals surface area contributed by atoms with E-state index in [1.807, 2.05) is 7.05 Å². The molecule has 1 aromatic heterocycles. The highest BCUT2D eigenvalue weighted by atomic mass is 15.2. The monoisotopic (exact) mass is 250 g/mol. The molecule has 102 valence electrons. The largest absolute Gasteiger partial charge is 0.335 e. The molecular formula is C14H26N4. The van der Waals surface area contributed by atoms with Crippen LogP contribution in [0.25, 0.3) is 0 Å². The summed E-state index contributed by atoms with van der Waals surface area (Å²) in [4.78, 5) is 7.38. The van der Waals surface area contributed by atoms with Gasteiger partial charge in [0.25, 0.3) is 0 Å². The molecule has 1 fully saturated rings. The lowest BCUT2D eigenvalue weighted by Gasteiger charge is -2.34. The van der Waals surface area contributed by atoms with Crippen LogP contribution < -0.4 is 5.32 Å². The molecule has 0 radical (unpaired) electrons. The molecule has 1 atom stereocenters. The van der Waals surface area contributed by atoms with Crippen molar-refractivity contribution in [1.82, 2.24) is 19.8 Å². The maximum absolute atomic E-state index is 4.79. The summed E-state index contributed by atoms with van der Waals surface area (Å²) in [6.07, 6.45) is 4.03. The number of imidazole rings is 1. The molecule has 0 bridgehead atoms. The third kappa shape index (κ3) is 2.59. The minimum absolute atomic E-state index is 0.426. The summed E-state index contributed by atoms with van der Waals surface area (Å²) in [7, 11) is 4.13. The second kappa shape index (κ2) is 5.85. The van der Waals surface area contributed by atoms with Gasteiger partial charge in [0, 0.05) is 19.3 Å². The fourth-order valence-corrected chi connectivity index (χ4v) is 2.88. The third-order valence-electron chi connectivity index (χ3n) is 4.19. The van der Waals surface area contributed by atoms with Gasteiger partial charge in [-0.1, -0.05) is 6.42 Å². The number of aromatic nitrogens is 2. The van der Waals surface area contributed by atoms with Crippen LogP contribution in [0.1, 0.15) is 42.5 Å². The normalized spacial score (nSPS) is 19.1. The van der Waals surface area contributed by atoms with Crippen LogP contribution in [0.4, 0.5) is 0 Å². The van der Waals surface area contributed by atoms with E-state index in [2.05, 4.69) is 35.7 Å². The van der Waals surface area contributed by atoms with Crippen LogP contribution in [-0.4, -0.2) is 41.1 Å². The Morgan fingerprint density at radius 3 is 2.39 bits per heavy atom. The van der Waals surface area contributed by atoms with Crippen LogP contribution in [0.3, 0.4) is 0 Å². The molecule has 1 aliphatic rings. The number of nitrogens with one attached hydrogen (secondary N) is 1. The molecule has 0 aromatic carbocycles. The minimum Gasteiger partial charge on any atom is -0.335 e. The molecule has 1 aromatic rings. The van der Waals surface area contributed by atoms with Crippen molar-refractivity contribution in [2.24, 2.45) is 7.05 Å². The third-order valence-corrected chi connectivity index (χ3v) is 4.19. The predicted octanol–water partition coefficient (Wildman–Crippen LogP) is 1.78. The maximum atomic E-state index is 4.79. The molecule has 0 amide bonds. The van der Waals surface area contributed by atoms with Crippen molar-refractivity contribution in [2.45, 2.75) is 39.2 Å². The van der Waals surface area contributed by atoms with E-state index in [0.29, 0.717) is 6.04 Å². The van der Waals surface area contributed by atoms with Gasteiger partial charge in [-0.05, 0) is 46.8 Å². The van der Waals surface area contributed by atoms with E-state index >= 15 is 0 Å². The standard InChI is InChI=1S/C14H26N4/c1-11-14(16-12(2)17(11)4)13(10-15-3)18-8-6-5-7-9-18/h13,15H,5-10H2,1-4H3. The van der Waals surface area contributed by atoms with Crippen molar-refractivity contribution in [1.29, 1.82) is 0 Å². The van der Waals surface area contributed by atoms with E-state index in [1.165, 1.54) is 43.7 Å². The number of likely N-dealkylation sites (N-methyl/N-ethyl adjacent to an activating group) is 1. The molecule has 1 unspecified atom stereocenters. The first-order valence-electron chi connectivity index (χ1n) is 7.03. The number of aryl methyl sites for hydroxylation is 1. The van der Waals surface area contributed by atoms with E-state index < -0.39 is 0 Å². The van der Waals surface area contributed by atoms with Gasteiger partial charge >= 0.3 is 0 Å². The molecule has 0 saturated carbocycles. The first-order valence-corrected chi connectivity index (χ1v) is 7.03. The number of nitrogens with zero attached hydrogens (tertiary/aromatic N) is 3. The zero-order valence-corrected chi connectivity index (χ0v) is 12.2. The average molecular weight is 250 g/mol. The van der Waals surface area contributed by atoms with Crippen molar-refractivity contribution in [2.75, 3.05) is 26.7 Å². The molecule has 4 heteroatoms. The highest BCUT2D eigenvalue weighted by molar-refractivity contribution is 5.19. The van der Waals surface area contributed by atoms with Crippen molar-refractivity contribution >= 4 is 0 Å². The quantitative estimate of drug-likeness (QED) is 0.884. The van der Waals surface area contributed by atoms with Gasteiger partial charge in [-0.15, -0.1) is 0 Å². The summed E-state index contributed by atoms with van der Waals surface area (Å²) in [6, 6.07) is 0.426. The van der Waals surface area contributed by atoms with Crippen molar-refractivity contribution in [3.63, 3.8) is 0 Å². The van der Waals surface area contributed by atoms with Gasteiger partial charge in [-0.2, -0.15) is 0 Å². The zero-order valence-electron chi connectivity index (χ0n) is 12.2. The Morgan fingerprint density at radius 1 is 1.22 bits per heavy atom. The minimum atomic E-state index is 0.426. The molecule has 2 heterocycles. The van der Waals surface area contributed by atoms with Crippen LogP contribution in [0.2, 0.25) is 0 Å². The number of hydrogen-bond acceptors (Lipinski definition) is 3. The zero-order chi connectivity index (χ0) is 13.1. The van der Waals surface area contributed by atoms with Gasteiger partial charge < -0.3 is 9.88 Å². The smallest absolute Gasteiger partial charge is 0.105 e. The second-order valence-corrected chi connectivity index (χ2v) is 5.36. The summed E-state index contributed by atoms with van der Waals surface area (Å²) in [5.74, 6) is 1.11. The van der Waals surface area contributed by atoms with Crippen LogP contribution in [0.5, 0.6) is 0 Å². The van der Waals surface area contributed by atoms with Crippen LogP contribution in [0, 0.1) is 13.8 Å². The summed E-state index contributed by atoms with van der Waals surface area (Å²) in [5, 5.41) is 3.33. The Kier molecular flexibility index (Phi) is 4.40. The lowest BCUT2D eigenvalue weighted by Crippen LogP contribution is -2.38. The Hall–Kier alpha value is -0.870. The Labute approximate surface area is 110 Å². The van der Waals surface area contributed by atoms with Crippen molar-refractivity contribution in [3.8, 4) is 0 Å². The van der Waals surface area contributed by atoms with Crippen LogP contribution in [0.15, 0.2) is 0 Å². The number of rotatable bonds is 4. The highest BCUT2D eigenvalue weighted by Gasteiger charge is 2.26. The SMILES string of the molecule is CNCC(c1nc(C)n(C)c1C)N1CCCCC1. The van der Waals surface area contributed by atoms with E-state index in [0.717, 1.165) is 12.4 Å². The lowest BCUT2D eigenvalue weighted by molar-refractivity contribution is 0.159. The topological polar surface area (TPSA) is 33.1 Å². The number of piperidine rings is 1. The summed E-state index contributed by atoms with van der Waals surface area (Å²) in [6.45, 7) is 7.67. The van der Waals surface area contributed by atoms with Gasteiger partial charge in [0.1, 0.15) is 5.82 Å². The Bertz CT molecular complexity index is 391. The maximum Gasteiger partial charge on any atom is 0.105 e. The van der Waals surface area contributed by atoms with Gasteiger partial charge in [-0.25, -0.2) is 4.98 Å². The second-order valence-electron chi connectivity index (χ2n) is 5.36. The van der Waals surface area contributed by atoms with E-state index in [-0.39, 0.29) is 0 Å². The molecule has 0 aliphatic carbocycles. The number of hydrogen-bond donors (Lipinski definition) is 1. The van der Waals surface area contributed by atoms with E-state index in [9.17, 15) is 0 Å². The fraction of sp³-hybridized carbons (Fsp3) is 0.786. The van der Waals surface area contributed by atoms with Crippen LogP contribution in [-0.2, 0) is 7.05 Å². The molecule has 1 N–H and O–H groups in total. The molecule has 1 saturated heterocycles. The molecule has 1 aliphatic heterocycles. The number of likely N-dealkylation sites (tertiary alicyclic amines) is 1. The van der Waals surface area contributed by atoms with Gasteiger partial charge in [0.2, 0.25) is 0 Å². The molecule has 2 rings (SSSR count). The molecule has 0 spiro atoms. The Balaban J connectivity index is 2.25. The van der Waals surface area contributed by atoms with Crippen LogP contribution >= 0.6 is 0 Å². The molecule has 18 heavy (non-hydrogen) atoms. The Morgan fingerprint density at radius 2 is 1.89 bits per heavy atom. The first kappa shape index (κ1) is 13.6. The average Bonchev–Trinajstić information content (AvgIpc) is 2.65. The summed E-state index contributed by atoms with van der Waals surface area (Å²) >= 11 is 0. The van der Waals surface area contributed by atoms with Crippen molar-refractivity contribution in [3.05, 3.63) is 17.2 Å². The van der Waals surface area contributed by atoms with Crippen molar-refractivity contribution < 1.29 is 0 Å². The molecule has 4 nitrogen and oxygen atoms in total. The van der Waals surface area contributed by atoms with Gasteiger partial charge in [0.15, 0.2) is 0 Å². The predicted molar refractivity (Wildman–Crippen MR) is 74.8 cm³/mol. The fourth-order valence-electron chi connectivity index (χ4n) is 2.88. The first-order chi connectivity index (χ1) is 8.65. The van der Waals surface area contributed by atoms with E-state index in [4.69, 9.17) is 4.98 Å². The van der Waals surface area contributed by atoms with Gasteiger partial charge in [0.05, 0.1) is 11.7 Å². The summed E-state index contributed by atoms with van der Waals surface area (Å²) in [5.41, 5.74) is 2.56. The van der Waals surface area contributed by atoms with Gasteiger partial charge in [-0.3, -0.25) is 4.90 Å². The van der Waals surface area contributed by atoms with E-state index in [1.54, 1.807) is 0 Å². The summed E-state index contributed by atoms with van der Waals surface area (Å²) < 4.78 is 2.20. The lowest BCUT2D eigenvalue weighted by atomic mass is 10.0. The molecular weight excluding hydrogens is 224 g/mol.